The minimum atomic E-state index is -0.955. The number of aliphatic hydroxyl groups is 1. The Bertz CT molecular complexity index is 996. The van der Waals surface area contributed by atoms with Gasteiger partial charge in [0.1, 0.15) is 5.75 Å². The smallest absolute Gasteiger partial charge is 0.307 e. The highest BCUT2D eigenvalue weighted by Gasteiger charge is 2.21. The Morgan fingerprint density at radius 1 is 1.14 bits per heavy atom. The summed E-state index contributed by atoms with van der Waals surface area (Å²) in [6, 6.07) is 11.9. The molecule has 1 aromatic heterocycles. The summed E-state index contributed by atoms with van der Waals surface area (Å²) in [5, 5.41) is 18.0. The first-order valence-electron chi connectivity index (χ1n) is 8.64. The molecule has 0 unspecified atom stereocenters. The molecule has 3 rings (SSSR count). The number of aliphatic hydroxyl groups excluding tert-OH is 1. The van der Waals surface area contributed by atoms with Crippen molar-refractivity contribution in [2.24, 2.45) is 0 Å². The number of rotatable bonds is 4. The Hall–Kier alpha value is -2.54. The van der Waals surface area contributed by atoms with Gasteiger partial charge in [-0.15, -0.1) is 12.4 Å². The van der Waals surface area contributed by atoms with Gasteiger partial charge >= 0.3 is 5.97 Å². The molecule has 0 spiro atoms. The molecule has 2 N–H and O–H groups in total. The first-order valence-corrected chi connectivity index (χ1v) is 9.02. The fraction of sp³-hybridized carbons (Fsp3) is 0.238. The van der Waals surface area contributed by atoms with Gasteiger partial charge in [-0.2, -0.15) is 0 Å². The van der Waals surface area contributed by atoms with E-state index < -0.39 is 5.97 Å². The van der Waals surface area contributed by atoms with Gasteiger partial charge in [0.25, 0.3) is 5.91 Å². The third-order valence-corrected chi connectivity index (χ3v) is 4.42. The fourth-order valence-corrected chi connectivity index (χ4v) is 3.07. The molecule has 0 saturated carbocycles. The fourth-order valence-electron chi connectivity index (χ4n) is 2.95. The van der Waals surface area contributed by atoms with E-state index in [9.17, 15) is 14.7 Å². The van der Waals surface area contributed by atoms with Crippen LogP contribution in [0.5, 0.6) is 5.75 Å². The molecule has 1 heterocycles. The van der Waals surface area contributed by atoms with Gasteiger partial charge in [-0.25, -0.2) is 0 Å². The summed E-state index contributed by atoms with van der Waals surface area (Å²) in [7, 11) is 1.54. The zero-order valence-corrected chi connectivity index (χ0v) is 17.9. The lowest BCUT2D eigenvalue weighted by molar-refractivity contribution is -0.136. The minimum Gasteiger partial charge on any atom is -0.497 e. The molecule has 0 saturated heterocycles. The lowest BCUT2D eigenvalue weighted by atomic mass is 10.1. The number of fused-ring (bicyclic) bond motifs is 1. The monoisotopic (exact) mass is 439 g/mol. The van der Waals surface area contributed by atoms with E-state index in [1.807, 2.05) is 0 Å². The van der Waals surface area contributed by atoms with Gasteiger partial charge in [0.05, 0.1) is 19.0 Å². The maximum Gasteiger partial charge on any atom is 0.307 e. The average Bonchev–Trinajstić information content (AvgIpc) is 2.93. The third kappa shape index (κ3) is 5.50. The molecule has 0 radical (unpaired) electrons. The lowest BCUT2D eigenvalue weighted by Crippen LogP contribution is -2.14. The number of hydrogen-bond donors (Lipinski definition) is 2. The SMILES string of the molecule is CCO.COc1ccc2c(c1)c(CC(=O)O)c(C)n2C(=O)c1ccc(Cl)cc1.Cl. The number of carbonyl (C=O) groups is 2. The number of aliphatic carboxylic acids is 1. The predicted molar refractivity (Wildman–Crippen MR) is 116 cm³/mol. The quantitative estimate of drug-likeness (QED) is 0.630. The van der Waals surface area contributed by atoms with Crippen LogP contribution in [0.4, 0.5) is 0 Å². The number of halogens is 2. The molecule has 0 bridgehead atoms. The number of methoxy groups -OCH3 is 1. The van der Waals surface area contributed by atoms with Crippen LogP contribution in [-0.2, 0) is 11.2 Å². The van der Waals surface area contributed by atoms with E-state index in [0.717, 1.165) is 0 Å². The largest absolute Gasteiger partial charge is 0.497 e. The number of carboxylic acids is 1. The summed E-state index contributed by atoms with van der Waals surface area (Å²) >= 11 is 5.89. The molecule has 3 aromatic rings. The lowest BCUT2D eigenvalue weighted by Gasteiger charge is -2.08. The van der Waals surface area contributed by atoms with Crippen molar-refractivity contribution in [2.75, 3.05) is 13.7 Å². The van der Waals surface area contributed by atoms with E-state index in [2.05, 4.69) is 0 Å². The molecule has 0 atom stereocenters. The highest BCUT2D eigenvalue weighted by Crippen LogP contribution is 2.30. The minimum absolute atomic E-state index is 0. The van der Waals surface area contributed by atoms with Crippen molar-refractivity contribution in [1.82, 2.24) is 4.57 Å². The number of hydrogen-bond acceptors (Lipinski definition) is 4. The Balaban J connectivity index is 0.000000990. The molecule has 6 nitrogen and oxygen atoms in total. The highest BCUT2D eigenvalue weighted by atomic mass is 35.5. The first-order chi connectivity index (χ1) is 13.3. The molecule has 0 amide bonds. The second-order valence-electron chi connectivity index (χ2n) is 5.98. The van der Waals surface area contributed by atoms with Crippen LogP contribution >= 0.6 is 24.0 Å². The van der Waals surface area contributed by atoms with Gasteiger partial charge in [0, 0.05) is 28.3 Å². The summed E-state index contributed by atoms with van der Waals surface area (Å²) in [6.07, 6.45) is -0.170. The summed E-state index contributed by atoms with van der Waals surface area (Å²) in [4.78, 5) is 24.3. The number of carboxylic acid groups (broad SMARTS) is 1. The number of ether oxygens (including phenoxy) is 1. The molecule has 0 aliphatic heterocycles. The molecule has 0 aliphatic carbocycles. The Morgan fingerprint density at radius 3 is 2.24 bits per heavy atom. The number of benzene rings is 2. The number of nitrogens with zero attached hydrogens (tertiary/aromatic N) is 1. The Labute approximate surface area is 180 Å². The molecule has 29 heavy (non-hydrogen) atoms. The second-order valence-corrected chi connectivity index (χ2v) is 6.42. The molecule has 0 fully saturated rings. The van der Waals surface area contributed by atoms with Gasteiger partial charge < -0.3 is 14.9 Å². The molecule has 8 heteroatoms. The van der Waals surface area contributed by atoms with E-state index >= 15 is 0 Å². The summed E-state index contributed by atoms with van der Waals surface area (Å²) in [6.45, 7) is 3.68. The molecule has 156 valence electrons. The van der Waals surface area contributed by atoms with Crippen LogP contribution in [-0.4, -0.2) is 40.4 Å². The molecular formula is C21H23Cl2NO5. The third-order valence-electron chi connectivity index (χ3n) is 4.16. The van der Waals surface area contributed by atoms with Crippen LogP contribution in [0.15, 0.2) is 42.5 Å². The summed E-state index contributed by atoms with van der Waals surface area (Å²) in [5.74, 6) is -0.583. The van der Waals surface area contributed by atoms with Crippen molar-refractivity contribution >= 4 is 46.8 Å². The molecule has 0 aliphatic rings. The van der Waals surface area contributed by atoms with Crippen molar-refractivity contribution in [3.8, 4) is 5.75 Å². The van der Waals surface area contributed by atoms with E-state index in [1.54, 1.807) is 63.4 Å². The summed E-state index contributed by atoms with van der Waals surface area (Å²) in [5.41, 5.74) is 2.32. The van der Waals surface area contributed by atoms with E-state index in [4.69, 9.17) is 21.4 Å². The van der Waals surface area contributed by atoms with Crippen molar-refractivity contribution in [3.05, 3.63) is 64.3 Å². The maximum absolute atomic E-state index is 13.0. The van der Waals surface area contributed by atoms with Gasteiger partial charge in [0.2, 0.25) is 0 Å². The predicted octanol–water partition coefficient (Wildman–Crippen LogP) is 4.35. The van der Waals surface area contributed by atoms with Gasteiger partial charge in [-0.3, -0.25) is 14.2 Å². The van der Waals surface area contributed by atoms with Crippen molar-refractivity contribution in [1.29, 1.82) is 0 Å². The normalized spacial score (nSPS) is 9.97. The van der Waals surface area contributed by atoms with Crippen LogP contribution < -0.4 is 4.74 Å². The Kier molecular flexibility index (Phi) is 9.17. The zero-order valence-electron chi connectivity index (χ0n) is 16.3. The van der Waals surface area contributed by atoms with E-state index in [-0.39, 0.29) is 31.3 Å². The molecular weight excluding hydrogens is 417 g/mol. The Morgan fingerprint density at radius 2 is 1.72 bits per heavy atom. The maximum atomic E-state index is 13.0. The van der Waals surface area contributed by atoms with Gasteiger partial charge in [0.15, 0.2) is 0 Å². The van der Waals surface area contributed by atoms with Crippen LogP contribution in [0.1, 0.15) is 28.5 Å². The highest BCUT2D eigenvalue weighted by molar-refractivity contribution is 6.30. The van der Waals surface area contributed by atoms with Gasteiger partial charge in [-0.05, 0) is 61.9 Å². The van der Waals surface area contributed by atoms with Crippen molar-refractivity contribution in [2.45, 2.75) is 20.3 Å². The number of carbonyl (C=O) groups excluding carboxylic acids is 1. The number of aromatic nitrogens is 1. The van der Waals surface area contributed by atoms with E-state index in [1.165, 1.54) is 4.57 Å². The topological polar surface area (TPSA) is 88.8 Å². The van der Waals surface area contributed by atoms with Crippen LogP contribution in [0, 0.1) is 6.92 Å². The van der Waals surface area contributed by atoms with Gasteiger partial charge in [-0.1, -0.05) is 11.6 Å². The standard InChI is InChI=1S/C19H16ClNO4.C2H6O.ClH/c1-11-15(10-18(22)23)16-9-14(25-2)7-8-17(16)21(11)19(24)12-3-5-13(20)6-4-12;1-2-3;/h3-9H,10H2,1-2H3,(H,22,23);3H,2H2,1H3;1H. The first kappa shape index (κ1) is 24.5. The second kappa shape index (κ2) is 10.9. The van der Waals surface area contributed by atoms with Crippen LogP contribution in [0.25, 0.3) is 10.9 Å². The van der Waals surface area contributed by atoms with Crippen molar-refractivity contribution in [3.63, 3.8) is 0 Å². The van der Waals surface area contributed by atoms with E-state index in [0.29, 0.717) is 38.5 Å². The van der Waals surface area contributed by atoms with Crippen LogP contribution in [0.2, 0.25) is 5.02 Å². The average molecular weight is 440 g/mol. The van der Waals surface area contributed by atoms with Crippen LogP contribution in [0.3, 0.4) is 0 Å². The van der Waals surface area contributed by atoms with Crippen molar-refractivity contribution < 1.29 is 24.5 Å². The zero-order chi connectivity index (χ0) is 20.8. The molecule has 2 aromatic carbocycles. The summed E-state index contributed by atoms with van der Waals surface area (Å²) < 4.78 is 6.77.